The highest BCUT2D eigenvalue weighted by Crippen LogP contribution is 2.17. The Morgan fingerprint density at radius 2 is 2.19 bits per heavy atom. The largest absolute Gasteiger partial charge is 0.468 e. The molecular weight excluding hydrogens is 262 g/mol. The van der Waals surface area contributed by atoms with Crippen LogP contribution < -0.4 is 5.32 Å². The van der Waals surface area contributed by atoms with Crippen molar-refractivity contribution in [1.29, 1.82) is 0 Å². The van der Waals surface area contributed by atoms with E-state index in [4.69, 9.17) is 4.42 Å². The first-order valence-corrected chi connectivity index (χ1v) is 8.28. The van der Waals surface area contributed by atoms with Crippen LogP contribution in [-0.2, 0) is 13.1 Å². The summed E-state index contributed by atoms with van der Waals surface area (Å²) < 4.78 is 5.66. The number of hydrogen-bond donors (Lipinski definition) is 1. The lowest BCUT2D eigenvalue weighted by Crippen LogP contribution is -2.50. The van der Waals surface area contributed by atoms with Crippen LogP contribution in [0, 0.1) is 5.92 Å². The second-order valence-electron chi connectivity index (χ2n) is 6.67. The van der Waals surface area contributed by atoms with E-state index in [0.29, 0.717) is 12.0 Å². The molecule has 4 nitrogen and oxygen atoms in total. The summed E-state index contributed by atoms with van der Waals surface area (Å²) in [6.07, 6.45) is 3.05. The fourth-order valence-electron chi connectivity index (χ4n) is 2.97. The fraction of sp³-hybridized carbons (Fsp3) is 0.765. The van der Waals surface area contributed by atoms with Crippen LogP contribution in [0.3, 0.4) is 0 Å². The molecule has 1 N–H and O–H groups in total. The molecular formula is C17H31N3O. The maximum atomic E-state index is 5.66. The monoisotopic (exact) mass is 293 g/mol. The van der Waals surface area contributed by atoms with Crippen LogP contribution in [0.4, 0.5) is 0 Å². The number of nitrogens with one attached hydrogen (secondary N) is 1. The molecule has 1 aliphatic heterocycles. The SMILES string of the molecule is CCC1CN(Cc2ccoc2CNCC(C)C)CCN1C. The highest BCUT2D eigenvalue weighted by atomic mass is 16.3. The molecule has 0 saturated carbocycles. The molecule has 0 spiro atoms. The van der Waals surface area contributed by atoms with E-state index in [1.807, 2.05) is 6.26 Å². The van der Waals surface area contributed by atoms with E-state index in [1.54, 1.807) is 0 Å². The van der Waals surface area contributed by atoms with Crippen LogP contribution in [0.25, 0.3) is 0 Å². The van der Waals surface area contributed by atoms with Gasteiger partial charge in [0.1, 0.15) is 5.76 Å². The molecule has 1 aliphatic rings. The molecule has 0 aliphatic carbocycles. The van der Waals surface area contributed by atoms with Crippen LogP contribution in [0.2, 0.25) is 0 Å². The molecule has 0 aromatic carbocycles. The van der Waals surface area contributed by atoms with E-state index < -0.39 is 0 Å². The van der Waals surface area contributed by atoms with Gasteiger partial charge in [0.2, 0.25) is 0 Å². The third-order valence-corrected chi connectivity index (χ3v) is 4.40. The smallest absolute Gasteiger partial charge is 0.122 e. The van der Waals surface area contributed by atoms with Crippen LogP contribution >= 0.6 is 0 Å². The molecule has 4 heteroatoms. The molecule has 1 fully saturated rings. The molecule has 0 bridgehead atoms. The van der Waals surface area contributed by atoms with Gasteiger partial charge in [0.05, 0.1) is 12.8 Å². The first-order valence-electron chi connectivity index (χ1n) is 8.28. The molecule has 21 heavy (non-hydrogen) atoms. The maximum Gasteiger partial charge on any atom is 0.122 e. The number of furan rings is 1. The van der Waals surface area contributed by atoms with E-state index in [2.05, 4.69) is 49.0 Å². The quantitative estimate of drug-likeness (QED) is 0.837. The van der Waals surface area contributed by atoms with Gasteiger partial charge in [-0.15, -0.1) is 0 Å². The average molecular weight is 293 g/mol. The van der Waals surface area contributed by atoms with Gasteiger partial charge in [-0.25, -0.2) is 0 Å². The molecule has 1 unspecified atom stereocenters. The van der Waals surface area contributed by atoms with Crippen LogP contribution in [0.15, 0.2) is 16.7 Å². The van der Waals surface area contributed by atoms with Crippen molar-refractivity contribution >= 4 is 0 Å². The van der Waals surface area contributed by atoms with Crippen LogP contribution in [0.5, 0.6) is 0 Å². The number of likely N-dealkylation sites (N-methyl/N-ethyl adjacent to an activating group) is 1. The Morgan fingerprint density at radius 1 is 1.38 bits per heavy atom. The summed E-state index contributed by atoms with van der Waals surface area (Å²) >= 11 is 0. The Hall–Kier alpha value is -0.840. The Morgan fingerprint density at radius 3 is 2.90 bits per heavy atom. The van der Waals surface area contributed by atoms with E-state index in [9.17, 15) is 0 Å². The Bertz CT molecular complexity index is 416. The molecule has 2 rings (SSSR count). The molecule has 0 radical (unpaired) electrons. The van der Waals surface area contributed by atoms with Crippen molar-refractivity contribution in [2.45, 2.75) is 46.3 Å². The van der Waals surface area contributed by atoms with Crippen molar-refractivity contribution < 1.29 is 4.42 Å². The van der Waals surface area contributed by atoms with E-state index in [-0.39, 0.29) is 0 Å². The van der Waals surface area contributed by atoms with Gasteiger partial charge >= 0.3 is 0 Å². The average Bonchev–Trinajstić information content (AvgIpc) is 2.88. The van der Waals surface area contributed by atoms with Crippen molar-refractivity contribution in [2.75, 3.05) is 33.2 Å². The minimum Gasteiger partial charge on any atom is -0.468 e. The van der Waals surface area contributed by atoms with E-state index >= 15 is 0 Å². The molecule has 2 heterocycles. The second-order valence-corrected chi connectivity index (χ2v) is 6.67. The Kier molecular flexibility index (Phi) is 6.27. The first kappa shape index (κ1) is 16.5. The van der Waals surface area contributed by atoms with Gasteiger partial charge in [0, 0.05) is 37.8 Å². The van der Waals surface area contributed by atoms with E-state index in [1.165, 1.54) is 12.0 Å². The summed E-state index contributed by atoms with van der Waals surface area (Å²) in [6.45, 7) is 13.1. The third-order valence-electron chi connectivity index (χ3n) is 4.40. The lowest BCUT2D eigenvalue weighted by Gasteiger charge is -2.39. The zero-order valence-corrected chi connectivity index (χ0v) is 14.1. The standard InChI is InChI=1S/C17H31N3O/c1-5-16-13-20(8-7-19(16)4)12-15-6-9-21-17(15)11-18-10-14(2)3/h6,9,14,16,18H,5,7-8,10-13H2,1-4H3. The molecule has 1 atom stereocenters. The van der Waals surface area contributed by atoms with Crippen LogP contribution in [-0.4, -0.2) is 49.1 Å². The Labute approximate surface area is 129 Å². The zero-order valence-electron chi connectivity index (χ0n) is 14.1. The summed E-state index contributed by atoms with van der Waals surface area (Å²) in [4.78, 5) is 5.04. The number of piperazine rings is 1. The van der Waals surface area contributed by atoms with Gasteiger partial charge in [0.25, 0.3) is 0 Å². The van der Waals surface area contributed by atoms with Gasteiger partial charge in [-0.2, -0.15) is 0 Å². The molecule has 1 aromatic heterocycles. The number of hydrogen-bond acceptors (Lipinski definition) is 4. The summed E-state index contributed by atoms with van der Waals surface area (Å²) in [6, 6.07) is 2.82. The number of nitrogens with zero attached hydrogens (tertiary/aromatic N) is 2. The first-order chi connectivity index (χ1) is 10.1. The van der Waals surface area contributed by atoms with Gasteiger partial charge in [-0.1, -0.05) is 20.8 Å². The highest BCUT2D eigenvalue weighted by Gasteiger charge is 2.23. The van der Waals surface area contributed by atoms with Crippen molar-refractivity contribution in [3.8, 4) is 0 Å². The van der Waals surface area contributed by atoms with Crippen molar-refractivity contribution in [3.05, 3.63) is 23.7 Å². The molecule has 1 aromatic rings. The van der Waals surface area contributed by atoms with Gasteiger partial charge in [0.15, 0.2) is 0 Å². The van der Waals surface area contributed by atoms with Gasteiger partial charge in [-0.3, -0.25) is 4.90 Å². The van der Waals surface area contributed by atoms with Gasteiger partial charge in [-0.05, 0) is 32.0 Å². The lowest BCUT2D eigenvalue weighted by atomic mass is 10.1. The molecule has 1 saturated heterocycles. The summed E-state index contributed by atoms with van der Waals surface area (Å²) in [7, 11) is 2.24. The van der Waals surface area contributed by atoms with Crippen molar-refractivity contribution in [3.63, 3.8) is 0 Å². The molecule has 120 valence electrons. The summed E-state index contributed by atoms with van der Waals surface area (Å²) in [5.41, 5.74) is 1.34. The third kappa shape index (κ3) is 4.83. The number of rotatable bonds is 7. The minimum atomic E-state index is 0.673. The Balaban J connectivity index is 1.87. The van der Waals surface area contributed by atoms with Gasteiger partial charge < -0.3 is 14.6 Å². The second kappa shape index (κ2) is 7.97. The zero-order chi connectivity index (χ0) is 15.2. The minimum absolute atomic E-state index is 0.673. The predicted octanol–water partition coefficient (Wildman–Crippen LogP) is 2.55. The molecule has 0 amide bonds. The van der Waals surface area contributed by atoms with Crippen molar-refractivity contribution in [1.82, 2.24) is 15.1 Å². The fourth-order valence-corrected chi connectivity index (χ4v) is 2.97. The summed E-state index contributed by atoms with van der Waals surface area (Å²) in [5.74, 6) is 1.77. The highest BCUT2D eigenvalue weighted by molar-refractivity contribution is 5.17. The maximum absolute atomic E-state index is 5.66. The summed E-state index contributed by atoms with van der Waals surface area (Å²) in [5, 5.41) is 3.47. The van der Waals surface area contributed by atoms with Crippen molar-refractivity contribution in [2.24, 2.45) is 5.92 Å². The van der Waals surface area contributed by atoms with Crippen LogP contribution in [0.1, 0.15) is 38.5 Å². The predicted molar refractivity (Wildman–Crippen MR) is 87.2 cm³/mol. The lowest BCUT2D eigenvalue weighted by molar-refractivity contribution is 0.0879. The normalized spacial score (nSPS) is 21.3. The topological polar surface area (TPSA) is 31.7 Å². The van der Waals surface area contributed by atoms with E-state index in [0.717, 1.165) is 45.0 Å².